The zero-order valence-corrected chi connectivity index (χ0v) is 17.2. The lowest BCUT2D eigenvalue weighted by Crippen LogP contribution is -2.31. The van der Waals surface area contributed by atoms with Gasteiger partial charge in [0.25, 0.3) is 5.56 Å². The molecule has 1 aliphatic rings. The van der Waals surface area contributed by atoms with E-state index >= 15 is 0 Å². The fraction of sp³-hybridized carbons (Fsp3) is 0.261. The number of carbonyl (C=O) groups is 1. The van der Waals surface area contributed by atoms with Gasteiger partial charge in [-0.15, -0.1) is 0 Å². The van der Waals surface area contributed by atoms with Crippen LogP contribution in [-0.2, 0) is 29.2 Å². The number of benzene rings is 2. The number of aryl methyl sites for hydroxylation is 2. The second kappa shape index (κ2) is 8.91. The SMILES string of the molecule is Cc1cn(CCC(=O)OCc2ccc3c(c2)CN(c2ccccc2)CO3)c(=O)[nH]c1=O. The maximum atomic E-state index is 12.1. The van der Waals surface area contributed by atoms with Crippen molar-refractivity contribution >= 4 is 11.7 Å². The predicted octanol–water partition coefficient (Wildman–Crippen LogP) is 2.34. The number of anilines is 1. The first-order valence-corrected chi connectivity index (χ1v) is 10.0. The average molecular weight is 421 g/mol. The summed E-state index contributed by atoms with van der Waals surface area (Å²) in [4.78, 5) is 39.7. The largest absolute Gasteiger partial charge is 0.473 e. The van der Waals surface area contributed by atoms with Crippen LogP contribution in [-0.4, -0.2) is 22.3 Å². The number of hydrogen-bond acceptors (Lipinski definition) is 6. The molecule has 0 saturated heterocycles. The van der Waals surface area contributed by atoms with Crippen molar-refractivity contribution in [3.05, 3.63) is 92.3 Å². The molecule has 0 spiro atoms. The molecule has 160 valence electrons. The summed E-state index contributed by atoms with van der Waals surface area (Å²) in [6.45, 7) is 3.06. The lowest BCUT2D eigenvalue weighted by atomic mass is 10.1. The van der Waals surface area contributed by atoms with Crippen LogP contribution in [0.4, 0.5) is 5.69 Å². The normalized spacial score (nSPS) is 12.7. The summed E-state index contributed by atoms with van der Waals surface area (Å²) in [5, 5.41) is 0. The zero-order chi connectivity index (χ0) is 21.8. The van der Waals surface area contributed by atoms with Crippen LogP contribution in [0.15, 0.2) is 64.3 Å². The molecule has 0 radical (unpaired) electrons. The summed E-state index contributed by atoms with van der Waals surface area (Å²) >= 11 is 0. The number of para-hydroxylation sites is 1. The highest BCUT2D eigenvalue weighted by molar-refractivity contribution is 5.69. The average Bonchev–Trinajstić information content (AvgIpc) is 2.79. The highest BCUT2D eigenvalue weighted by Gasteiger charge is 2.18. The zero-order valence-electron chi connectivity index (χ0n) is 17.2. The molecule has 0 atom stereocenters. The Balaban J connectivity index is 1.34. The second-order valence-electron chi connectivity index (χ2n) is 7.42. The molecule has 1 N–H and O–H groups in total. The van der Waals surface area contributed by atoms with Gasteiger partial charge in [0.05, 0.1) is 6.42 Å². The molecule has 0 amide bonds. The van der Waals surface area contributed by atoms with Crippen molar-refractivity contribution in [3.63, 3.8) is 0 Å². The van der Waals surface area contributed by atoms with Crippen LogP contribution in [0.1, 0.15) is 23.1 Å². The molecule has 2 heterocycles. The summed E-state index contributed by atoms with van der Waals surface area (Å²) in [5.41, 5.74) is 2.42. The van der Waals surface area contributed by atoms with Gasteiger partial charge < -0.3 is 14.4 Å². The number of carbonyl (C=O) groups excluding carboxylic acids is 1. The van der Waals surface area contributed by atoms with Crippen molar-refractivity contribution < 1.29 is 14.3 Å². The van der Waals surface area contributed by atoms with Gasteiger partial charge in [-0.2, -0.15) is 0 Å². The first-order valence-electron chi connectivity index (χ1n) is 10.0. The van der Waals surface area contributed by atoms with E-state index in [-0.39, 0.29) is 19.6 Å². The maximum Gasteiger partial charge on any atom is 0.328 e. The number of H-pyrrole nitrogens is 1. The van der Waals surface area contributed by atoms with E-state index in [1.807, 2.05) is 48.5 Å². The van der Waals surface area contributed by atoms with Gasteiger partial charge in [0.2, 0.25) is 0 Å². The number of nitrogens with one attached hydrogen (secondary N) is 1. The quantitative estimate of drug-likeness (QED) is 0.614. The highest BCUT2D eigenvalue weighted by atomic mass is 16.5. The first-order chi connectivity index (χ1) is 15.0. The van der Waals surface area contributed by atoms with E-state index in [0.717, 1.165) is 22.6 Å². The number of aromatic nitrogens is 2. The van der Waals surface area contributed by atoms with Gasteiger partial charge in [0.15, 0.2) is 6.73 Å². The summed E-state index contributed by atoms with van der Waals surface area (Å²) < 4.78 is 12.5. The van der Waals surface area contributed by atoms with Gasteiger partial charge in [0, 0.05) is 36.1 Å². The first kappa shape index (κ1) is 20.5. The van der Waals surface area contributed by atoms with Crippen LogP contribution >= 0.6 is 0 Å². The molecule has 0 bridgehead atoms. The van der Waals surface area contributed by atoms with Gasteiger partial charge in [-0.1, -0.05) is 24.3 Å². The van der Waals surface area contributed by atoms with E-state index in [1.54, 1.807) is 6.92 Å². The van der Waals surface area contributed by atoms with Crippen LogP contribution < -0.4 is 20.9 Å². The minimum Gasteiger partial charge on any atom is -0.473 e. The maximum absolute atomic E-state index is 12.1. The van der Waals surface area contributed by atoms with Gasteiger partial charge in [-0.3, -0.25) is 19.1 Å². The van der Waals surface area contributed by atoms with Crippen molar-refractivity contribution in [1.82, 2.24) is 9.55 Å². The molecule has 0 fully saturated rings. The van der Waals surface area contributed by atoms with Crippen molar-refractivity contribution in [3.8, 4) is 5.75 Å². The molecule has 0 aliphatic carbocycles. The van der Waals surface area contributed by atoms with E-state index in [1.165, 1.54) is 10.8 Å². The number of ether oxygens (including phenoxy) is 2. The lowest BCUT2D eigenvalue weighted by molar-refractivity contribution is -0.145. The molecule has 1 aromatic heterocycles. The molecule has 8 heteroatoms. The molecular weight excluding hydrogens is 398 g/mol. The van der Waals surface area contributed by atoms with E-state index < -0.39 is 17.2 Å². The summed E-state index contributed by atoms with van der Waals surface area (Å²) in [6.07, 6.45) is 1.47. The third kappa shape index (κ3) is 4.85. The number of rotatable bonds is 6. The van der Waals surface area contributed by atoms with Crippen LogP contribution in [0, 0.1) is 6.92 Å². The Morgan fingerprint density at radius 2 is 1.97 bits per heavy atom. The Morgan fingerprint density at radius 1 is 1.16 bits per heavy atom. The molecule has 2 aromatic carbocycles. The molecule has 8 nitrogen and oxygen atoms in total. The van der Waals surface area contributed by atoms with E-state index in [0.29, 0.717) is 18.8 Å². The molecule has 0 saturated carbocycles. The number of esters is 1. The van der Waals surface area contributed by atoms with Crippen molar-refractivity contribution in [2.75, 3.05) is 11.6 Å². The minimum absolute atomic E-state index is 0.0290. The smallest absolute Gasteiger partial charge is 0.328 e. The van der Waals surface area contributed by atoms with E-state index in [4.69, 9.17) is 9.47 Å². The number of hydrogen-bond donors (Lipinski definition) is 1. The minimum atomic E-state index is -0.541. The molecule has 31 heavy (non-hydrogen) atoms. The van der Waals surface area contributed by atoms with Crippen molar-refractivity contribution in [2.45, 2.75) is 33.0 Å². The number of aromatic amines is 1. The van der Waals surface area contributed by atoms with E-state index in [2.05, 4.69) is 9.88 Å². The number of fused-ring (bicyclic) bond motifs is 1. The van der Waals surface area contributed by atoms with E-state index in [9.17, 15) is 14.4 Å². The Kier molecular flexibility index (Phi) is 5.88. The molecule has 1 aliphatic heterocycles. The molecule has 4 rings (SSSR count). The Bertz CT molecular complexity index is 1200. The molecule has 0 unspecified atom stereocenters. The standard InChI is InChI=1S/C23H23N3O5/c1-16-12-25(23(29)24-22(16)28)10-9-21(27)30-14-17-7-8-20-18(11-17)13-26(15-31-20)19-5-3-2-4-6-19/h2-8,11-12H,9-10,13-15H2,1H3,(H,24,28,29). The third-order valence-electron chi connectivity index (χ3n) is 5.13. The van der Waals surface area contributed by atoms with Crippen molar-refractivity contribution in [1.29, 1.82) is 0 Å². The summed E-state index contributed by atoms with van der Waals surface area (Å²) in [7, 11) is 0. The summed E-state index contributed by atoms with van der Waals surface area (Å²) in [5.74, 6) is 0.408. The fourth-order valence-corrected chi connectivity index (χ4v) is 3.42. The van der Waals surface area contributed by atoms with Gasteiger partial charge >= 0.3 is 11.7 Å². The Labute approximate surface area is 178 Å². The van der Waals surface area contributed by atoms with Crippen LogP contribution in [0.3, 0.4) is 0 Å². The topological polar surface area (TPSA) is 93.6 Å². The Morgan fingerprint density at radius 3 is 2.77 bits per heavy atom. The number of nitrogens with zero attached hydrogens (tertiary/aromatic N) is 2. The van der Waals surface area contributed by atoms with Crippen LogP contribution in [0.2, 0.25) is 0 Å². The monoisotopic (exact) mass is 421 g/mol. The van der Waals surface area contributed by atoms with Gasteiger partial charge in [-0.25, -0.2) is 4.79 Å². The predicted molar refractivity (Wildman–Crippen MR) is 115 cm³/mol. The fourth-order valence-electron chi connectivity index (χ4n) is 3.42. The third-order valence-corrected chi connectivity index (χ3v) is 5.13. The lowest BCUT2D eigenvalue weighted by Gasteiger charge is -2.31. The second-order valence-corrected chi connectivity index (χ2v) is 7.42. The van der Waals surface area contributed by atoms with Crippen LogP contribution in [0.5, 0.6) is 5.75 Å². The van der Waals surface area contributed by atoms with Crippen molar-refractivity contribution in [2.24, 2.45) is 0 Å². The summed E-state index contributed by atoms with van der Waals surface area (Å²) in [6, 6.07) is 15.8. The Hall–Kier alpha value is -3.81. The molecule has 3 aromatic rings. The van der Waals surface area contributed by atoms with Crippen LogP contribution in [0.25, 0.3) is 0 Å². The highest BCUT2D eigenvalue weighted by Crippen LogP contribution is 2.29. The van der Waals surface area contributed by atoms with Gasteiger partial charge in [-0.05, 0) is 36.8 Å². The molecular formula is C23H23N3O5. The van der Waals surface area contributed by atoms with Gasteiger partial charge in [0.1, 0.15) is 12.4 Å².